The van der Waals surface area contributed by atoms with Gasteiger partial charge in [0, 0.05) is 5.41 Å². The monoisotopic (exact) mass is 425 g/mol. The van der Waals surface area contributed by atoms with Gasteiger partial charge in [-0.2, -0.15) is 0 Å². The molecule has 0 N–H and O–H groups in total. The van der Waals surface area contributed by atoms with Crippen LogP contribution >= 0.6 is 0 Å². The standard InChI is InChI=1S/C26H35NO4/c1-25(2,3)23-27(24(29)30-16-17-7-5-4-6-8-17)21(22(28)31-23)15-26-12-18-9-19(13-26)11-20(10-18)14-26/h4-8,18-21,23H,9-16H2,1-3H3/t18?,19?,20?,21-,23-,26?/m0/s1. The van der Waals surface area contributed by atoms with E-state index in [9.17, 15) is 9.59 Å². The Kier molecular flexibility index (Phi) is 5.06. The molecule has 4 saturated carbocycles. The molecule has 5 aliphatic rings. The number of nitrogens with zero attached hydrogens (tertiary/aromatic N) is 1. The molecule has 31 heavy (non-hydrogen) atoms. The first-order chi connectivity index (χ1) is 14.7. The second-order valence-electron chi connectivity index (χ2n) is 11.7. The van der Waals surface area contributed by atoms with Gasteiger partial charge in [0.05, 0.1) is 0 Å². The Bertz CT molecular complexity index is 807. The highest BCUT2D eigenvalue weighted by molar-refractivity contribution is 5.84. The molecule has 6 rings (SSSR count). The van der Waals surface area contributed by atoms with Crippen LogP contribution in [0.1, 0.15) is 71.3 Å². The van der Waals surface area contributed by atoms with Crippen molar-refractivity contribution in [3.8, 4) is 0 Å². The molecule has 4 bridgehead atoms. The first-order valence-electron chi connectivity index (χ1n) is 11.9. The van der Waals surface area contributed by atoms with Crippen molar-refractivity contribution in [2.24, 2.45) is 28.6 Å². The van der Waals surface area contributed by atoms with Gasteiger partial charge in [0.25, 0.3) is 0 Å². The topological polar surface area (TPSA) is 55.8 Å². The van der Waals surface area contributed by atoms with Gasteiger partial charge >= 0.3 is 12.1 Å². The molecule has 168 valence electrons. The number of benzene rings is 1. The SMILES string of the molecule is CC(C)(C)[C@@H]1OC(=O)[C@H](CC23CC4CC(CC(C4)C2)C3)N1C(=O)OCc1ccccc1. The van der Waals surface area contributed by atoms with Crippen LogP contribution in [0, 0.1) is 28.6 Å². The fourth-order valence-electron chi connectivity index (χ4n) is 7.27. The van der Waals surface area contributed by atoms with Gasteiger partial charge in [0.15, 0.2) is 6.23 Å². The average molecular weight is 426 g/mol. The predicted molar refractivity (Wildman–Crippen MR) is 117 cm³/mol. The van der Waals surface area contributed by atoms with Crippen LogP contribution in [0.3, 0.4) is 0 Å². The van der Waals surface area contributed by atoms with Crippen LogP contribution in [0.4, 0.5) is 4.79 Å². The van der Waals surface area contributed by atoms with Crippen LogP contribution < -0.4 is 0 Å². The molecule has 0 spiro atoms. The van der Waals surface area contributed by atoms with E-state index < -0.39 is 18.4 Å². The zero-order chi connectivity index (χ0) is 21.8. The molecule has 1 saturated heterocycles. The molecule has 1 heterocycles. The van der Waals surface area contributed by atoms with Crippen molar-refractivity contribution in [2.75, 3.05) is 0 Å². The summed E-state index contributed by atoms with van der Waals surface area (Å²) in [4.78, 5) is 28.0. The van der Waals surface area contributed by atoms with Crippen molar-refractivity contribution >= 4 is 12.1 Å². The third-order valence-electron chi connectivity index (χ3n) is 8.04. The van der Waals surface area contributed by atoms with E-state index in [1.807, 2.05) is 51.1 Å². The Hall–Kier alpha value is -2.04. The van der Waals surface area contributed by atoms with Crippen molar-refractivity contribution < 1.29 is 19.1 Å². The number of carbonyl (C=O) groups is 2. The third kappa shape index (κ3) is 3.96. The number of ether oxygens (including phenoxy) is 2. The number of amides is 1. The first-order valence-corrected chi connectivity index (χ1v) is 11.9. The van der Waals surface area contributed by atoms with E-state index in [0.29, 0.717) is 0 Å². The van der Waals surface area contributed by atoms with E-state index in [1.165, 1.54) is 38.5 Å². The molecule has 5 heteroatoms. The lowest BCUT2D eigenvalue weighted by molar-refractivity contribution is -0.148. The Balaban J connectivity index is 1.37. The van der Waals surface area contributed by atoms with Crippen LogP contribution in [-0.2, 0) is 20.9 Å². The zero-order valence-electron chi connectivity index (χ0n) is 19.0. The third-order valence-corrected chi connectivity index (χ3v) is 8.04. The second kappa shape index (κ2) is 7.53. The summed E-state index contributed by atoms with van der Waals surface area (Å²) in [7, 11) is 0. The highest BCUT2D eigenvalue weighted by Crippen LogP contribution is 2.62. The Morgan fingerprint density at radius 1 is 1.06 bits per heavy atom. The summed E-state index contributed by atoms with van der Waals surface area (Å²) < 4.78 is 11.5. The fraction of sp³-hybridized carbons (Fsp3) is 0.692. The quantitative estimate of drug-likeness (QED) is 0.595. The number of hydrogen-bond acceptors (Lipinski definition) is 4. The lowest BCUT2D eigenvalue weighted by Crippen LogP contribution is -2.52. The van der Waals surface area contributed by atoms with Crippen molar-refractivity contribution in [1.82, 2.24) is 4.90 Å². The highest BCUT2D eigenvalue weighted by atomic mass is 16.6. The maximum absolute atomic E-state index is 13.3. The Labute approximate surface area is 185 Å². The molecule has 5 nitrogen and oxygen atoms in total. The maximum atomic E-state index is 13.3. The molecular formula is C26H35NO4. The molecule has 1 amide bonds. The summed E-state index contributed by atoms with van der Waals surface area (Å²) in [6.07, 6.45) is 7.39. The number of hydrogen-bond donors (Lipinski definition) is 0. The van der Waals surface area contributed by atoms with Gasteiger partial charge in [-0.05, 0) is 73.7 Å². The van der Waals surface area contributed by atoms with Crippen molar-refractivity contribution in [2.45, 2.75) is 84.6 Å². The van der Waals surface area contributed by atoms with Gasteiger partial charge in [0.1, 0.15) is 12.6 Å². The van der Waals surface area contributed by atoms with Crippen LogP contribution in [0.2, 0.25) is 0 Å². The van der Waals surface area contributed by atoms with Gasteiger partial charge in [-0.15, -0.1) is 0 Å². The van der Waals surface area contributed by atoms with E-state index in [2.05, 4.69) is 0 Å². The van der Waals surface area contributed by atoms with Crippen LogP contribution in [-0.4, -0.2) is 29.2 Å². The number of rotatable bonds is 4. The van der Waals surface area contributed by atoms with E-state index in [0.717, 1.165) is 29.7 Å². The van der Waals surface area contributed by atoms with Crippen LogP contribution in [0.15, 0.2) is 30.3 Å². The van der Waals surface area contributed by atoms with Gasteiger partial charge in [-0.25, -0.2) is 9.59 Å². The summed E-state index contributed by atoms with van der Waals surface area (Å²) in [5.41, 5.74) is 0.744. The van der Waals surface area contributed by atoms with E-state index in [1.54, 1.807) is 4.90 Å². The molecular weight excluding hydrogens is 390 g/mol. The largest absolute Gasteiger partial charge is 0.444 e. The lowest BCUT2D eigenvalue weighted by atomic mass is 9.48. The van der Waals surface area contributed by atoms with Gasteiger partial charge in [0.2, 0.25) is 0 Å². The Morgan fingerprint density at radius 2 is 1.65 bits per heavy atom. The molecule has 1 aromatic carbocycles. The maximum Gasteiger partial charge on any atom is 0.413 e. The number of cyclic esters (lactones) is 1. The fourth-order valence-corrected chi connectivity index (χ4v) is 7.27. The second-order valence-corrected chi connectivity index (χ2v) is 11.7. The van der Waals surface area contributed by atoms with E-state index in [-0.39, 0.29) is 23.4 Å². The number of carbonyl (C=O) groups excluding carboxylic acids is 2. The summed E-state index contributed by atoms with van der Waals surface area (Å²) >= 11 is 0. The van der Waals surface area contributed by atoms with E-state index in [4.69, 9.17) is 9.47 Å². The number of esters is 1. The van der Waals surface area contributed by atoms with Crippen molar-refractivity contribution in [3.05, 3.63) is 35.9 Å². The summed E-state index contributed by atoms with van der Waals surface area (Å²) in [5.74, 6) is 2.16. The highest BCUT2D eigenvalue weighted by Gasteiger charge is 2.57. The van der Waals surface area contributed by atoms with Crippen LogP contribution in [0.5, 0.6) is 0 Å². The molecule has 1 aliphatic heterocycles. The van der Waals surface area contributed by atoms with Gasteiger partial charge in [-0.3, -0.25) is 4.90 Å². The average Bonchev–Trinajstić information content (AvgIpc) is 3.02. The smallest absolute Gasteiger partial charge is 0.413 e. The molecule has 0 unspecified atom stereocenters. The molecule has 1 aromatic rings. The first kappa shape index (κ1) is 20.8. The van der Waals surface area contributed by atoms with Gasteiger partial charge < -0.3 is 9.47 Å². The van der Waals surface area contributed by atoms with Crippen LogP contribution in [0.25, 0.3) is 0 Å². The summed E-state index contributed by atoms with van der Waals surface area (Å²) in [5, 5.41) is 0. The predicted octanol–water partition coefficient (Wildman–Crippen LogP) is 5.53. The Morgan fingerprint density at radius 3 is 2.19 bits per heavy atom. The minimum Gasteiger partial charge on any atom is -0.444 e. The van der Waals surface area contributed by atoms with Crippen molar-refractivity contribution in [3.63, 3.8) is 0 Å². The lowest BCUT2D eigenvalue weighted by Gasteiger charge is -2.57. The molecule has 0 radical (unpaired) electrons. The molecule has 0 aromatic heterocycles. The summed E-state index contributed by atoms with van der Waals surface area (Å²) in [6, 6.07) is 9.14. The van der Waals surface area contributed by atoms with Gasteiger partial charge in [-0.1, -0.05) is 51.1 Å². The minimum atomic E-state index is -0.595. The van der Waals surface area contributed by atoms with Crippen molar-refractivity contribution in [1.29, 1.82) is 0 Å². The van der Waals surface area contributed by atoms with E-state index >= 15 is 0 Å². The zero-order valence-corrected chi connectivity index (χ0v) is 19.0. The minimum absolute atomic E-state index is 0.184. The molecule has 5 fully saturated rings. The normalized spacial score (nSPS) is 36.5. The summed E-state index contributed by atoms with van der Waals surface area (Å²) in [6.45, 7) is 6.23. The molecule has 2 atom stereocenters. The molecule has 4 aliphatic carbocycles.